The third-order valence-electron chi connectivity index (χ3n) is 3.73. The summed E-state index contributed by atoms with van der Waals surface area (Å²) in [6.45, 7) is 12.5. The average Bonchev–Trinajstić information content (AvgIpc) is 2.77. The Bertz CT molecular complexity index is 587. The van der Waals surface area contributed by atoms with E-state index in [1.165, 1.54) is 29.3 Å². The summed E-state index contributed by atoms with van der Waals surface area (Å²) in [5, 5.41) is 4.94. The van der Waals surface area contributed by atoms with Gasteiger partial charge in [0.15, 0.2) is 0 Å². The predicted octanol–water partition coefficient (Wildman–Crippen LogP) is 4.54. The number of unbranched alkanes of at least 4 members (excludes halogenated alkanes) is 1. The van der Waals surface area contributed by atoms with Crippen LogP contribution in [0, 0.1) is 0 Å². The van der Waals surface area contributed by atoms with Crippen molar-refractivity contribution in [3.63, 3.8) is 0 Å². The highest BCUT2D eigenvalue weighted by molar-refractivity contribution is 5.84. The van der Waals surface area contributed by atoms with Gasteiger partial charge in [0.25, 0.3) is 0 Å². The Morgan fingerprint density at radius 3 is 2.67 bits per heavy atom. The van der Waals surface area contributed by atoms with Crippen molar-refractivity contribution in [2.24, 2.45) is 0 Å². The summed E-state index contributed by atoms with van der Waals surface area (Å²) in [5.41, 5.74) is 3.00. The van der Waals surface area contributed by atoms with E-state index in [0.29, 0.717) is 0 Å². The SMILES string of the molecule is C=CCn1cc(CCCCNC(C)(C)C)c2ccccc21. The molecule has 2 nitrogen and oxygen atoms in total. The topological polar surface area (TPSA) is 17.0 Å². The highest BCUT2D eigenvalue weighted by Crippen LogP contribution is 2.23. The Morgan fingerprint density at radius 2 is 1.95 bits per heavy atom. The molecule has 2 rings (SSSR count). The number of aryl methyl sites for hydroxylation is 1. The maximum atomic E-state index is 3.85. The number of nitrogens with one attached hydrogen (secondary N) is 1. The van der Waals surface area contributed by atoms with Gasteiger partial charge >= 0.3 is 0 Å². The minimum absolute atomic E-state index is 0.222. The number of aromatic nitrogens is 1. The quantitative estimate of drug-likeness (QED) is 0.583. The van der Waals surface area contributed by atoms with Gasteiger partial charge in [0, 0.05) is 29.2 Å². The van der Waals surface area contributed by atoms with Crippen LogP contribution in [0.5, 0.6) is 0 Å². The molecular weight excluding hydrogens is 256 g/mol. The molecule has 0 aliphatic carbocycles. The number of hydrogen-bond acceptors (Lipinski definition) is 1. The van der Waals surface area contributed by atoms with Gasteiger partial charge in [-0.05, 0) is 58.2 Å². The van der Waals surface area contributed by atoms with Crippen LogP contribution in [0.3, 0.4) is 0 Å². The molecule has 0 amide bonds. The molecule has 1 N–H and O–H groups in total. The Hall–Kier alpha value is -1.54. The molecule has 21 heavy (non-hydrogen) atoms. The van der Waals surface area contributed by atoms with Gasteiger partial charge in [0.05, 0.1) is 0 Å². The van der Waals surface area contributed by atoms with E-state index in [1.54, 1.807) is 0 Å². The molecule has 0 atom stereocenters. The summed E-state index contributed by atoms with van der Waals surface area (Å²) < 4.78 is 2.30. The van der Waals surface area contributed by atoms with Crippen molar-refractivity contribution >= 4 is 10.9 Å². The van der Waals surface area contributed by atoms with Gasteiger partial charge in [-0.1, -0.05) is 24.3 Å². The molecule has 0 aliphatic heterocycles. The first kappa shape index (κ1) is 15.8. The number of para-hydroxylation sites is 1. The van der Waals surface area contributed by atoms with Crippen LogP contribution < -0.4 is 5.32 Å². The number of fused-ring (bicyclic) bond motifs is 1. The lowest BCUT2D eigenvalue weighted by atomic mass is 10.1. The summed E-state index contributed by atoms with van der Waals surface area (Å²) in [7, 11) is 0. The molecule has 1 aromatic carbocycles. The molecule has 2 heteroatoms. The van der Waals surface area contributed by atoms with E-state index in [9.17, 15) is 0 Å². The molecule has 0 spiro atoms. The number of nitrogens with zero attached hydrogens (tertiary/aromatic N) is 1. The van der Waals surface area contributed by atoms with Crippen molar-refractivity contribution < 1.29 is 0 Å². The first-order chi connectivity index (χ1) is 10.0. The van der Waals surface area contributed by atoms with Gasteiger partial charge < -0.3 is 9.88 Å². The second-order valence-corrected chi connectivity index (χ2v) is 6.75. The Labute approximate surface area is 128 Å². The first-order valence-electron chi connectivity index (χ1n) is 7.94. The molecule has 1 heterocycles. The van der Waals surface area contributed by atoms with Gasteiger partial charge in [0.1, 0.15) is 0 Å². The summed E-state index contributed by atoms with van der Waals surface area (Å²) in [4.78, 5) is 0. The molecule has 0 saturated heterocycles. The van der Waals surface area contributed by atoms with E-state index >= 15 is 0 Å². The number of rotatable bonds is 7. The fourth-order valence-electron chi connectivity index (χ4n) is 2.72. The van der Waals surface area contributed by atoms with E-state index in [2.05, 4.69) is 67.7 Å². The monoisotopic (exact) mass is 284 g/mol. The number of benzene rings is 1. The minimum atomic E-state index is 0.222. The first-order valence-corrected chi connectivity index (χ1v) is 7.94. The van der Waals surface area contributed by atoms with Crippen molar-refractivity contribution in [2.75, 3.05) is 6.54 Å². The smallest absolute Gasteiger partial charge is 0.0486 e. The summed E-state index contributed by atoms with van der Waals surface area (Å²) in [6.07, 6.45) is 7.85. The Balaban J connectivity index is 1.97. The minimum Gasteiger partial charge on any atom is -0.343 e. The van der Waals surface area contributed by atoms with Crippen LogP contribution in [0.4, 0.5) is 0 Å². The lowest BCUT2D eigenvalue weighted by Crippen LogP contribution is -2.36. The number of allylic oxidation sites excluding steroid dienone is 1. The van der Waals surface area contributed by atoms with Gasteiger partial charge in [0.2, 0.25) is 0 Å². The standard InChI is InChI=1S/C19H28N2/c1-5-14-21-15-16(17-11-6-7-12-18(17)21)10-8-9-13-20-19(2,3)4/h5-7,11-12,15,20H,1,8-10,13-14H2,2-4H3. The predicted molar refractivity (Wildman–Crippen MR) is 92.8 cm³/mol. The van der Waals surface area contributed by atoms with Crippen molar-refractivity contribution in [1.82, 2.24) is 9.88 Å². The summed E-state index contributed by atoms with van der Waals surface area (Å²) in [6, 6.07) is 8.67. The zero-order valence-corrected chi connectivity index (χ0v) is 13.7. The fourth-order valence-corrected chi connectivity index (χ4v) is 2.72. The van der Waals surface area contributed by atoms with Crippen molar-refractivity contribution in [3.8, 4) is 0 Å². The largest absolute Gasteiger partial charge is 0.343 e. The molecule has 0 saturated carbocycles. The van der Waals surface area contributed by atoms with Gasteiger partial charge in [-0.3, -0.25) is 0 Å². The second kappa shape index (κ2) is 6.95. The fraction of sp³-hybridized carbons (Fsp3) is 0.474. The maximum Gasteiger partial charge on any atom is 0.0486 e. The van der Waals surface area contributed by atoms with Crippen molar-refractivity contribution in [2.45, 2.75) is 52.1 Å². The van der Waals surface area contributed by atoms with Crippen LogP contribution >= 0.6 is 0 Å². The lowest BCUT2D eigenvalue weighted by Gasteiger charge is -2.20. The van der Waals surface area contributed by atoms with E-state index in [0.717, 1.165) is 19.5 Å². The molecule has 0 fully saturated rings. The molecule has 1 aromatic heterocycles. The number of hydrogen-bond donors (Lipinski definition) is 1. The average molecular weight is 284 g/mol. The van der Waals surface area contributed by atoms with Crippen molar-refractivity contribution in [1.29, 1.82) is 0 Å². The third kappa shape index (κ3) is 4.47. The maximum absolute atomic E-state index is 3.85. The summed E-state index contributed by atoms with van der Waals surface area (Å²) in [5.74, 6) is 0. The molecule has 0 aliphatic rings. The van der Waals surface area contributed by atoms with Crippen molar-refractivity contribution in [3.05, 3.63) is 48.7 Å². The van der Waals surface area contributed by atoms with E-state index < -0.39 is 0 Å². The highest BCUT2D eigenvalue weighted by atomic mass is 15.0. The summed E-state index contributed by atoms with van der Waals surface area (Å²) >= 11 is 0. The molecule has 0 unspecified atom stereocenters. The van der Waals surface area contributed by atoms with Crippen LogP contribution in [-0.4, -0.2) is 16.7 Å². The van der Waals surface area contributed by atoms with Gasteiger partial charge in [-0.15, -0.1) is 6.58 Å². The van der Waals surface area contributed by atoms with E-state index in [1.807, 2.05) is 6.08 Å². The third-order valence-corrected chi connectivity index (χ3v) is 3.73. The zero-order valence-electron chi connectivity index (χ0n) is 13.7. The normalized spacial score (nSPS) is 12.0. The van der Waals surface area contributed by atoms with E-state index in [4.69, 9.17) is 0 Å². The van der Waals surface area contributed by atoms with Gasteiger partial charge in [-0.2, -0.15) is 0 Å². The van der Waals surface area contributed by atoms with E-state index in [-0.39, 0.29) is 5.54 Å². The molecule has 2 aromatic rings. The Morgan fingerprint density at radius 1 is 1.19 bits per heavy atom. The highest BCUT2D eigenvalue weighted by Gasteiger charge is 2.09. The molecule has 0 bridgehead atoms. The zero-order chi connectivity index (χ0) is 15.3. The van der Waals surface area contributed by atoms with Gasteiger partial charge in [-0.25, -0.2) is 0 Å². The van der Waals surface area contributed by atoms with Crippen LogP contribution in [0.1, 0.15) is 39.2 Å². The Kier molecular flexibility index (Phi) is 5.24. The van der Waals surface area contributed by atoms with Crippen LogP contribution in [0.25, 0.3) is 10.9 Å². The van der Waals surface area contributed by atoms with Crippen LogP contribution in [0.15, 0.2) is 43.1 Å². The van der Waals surface area contributed by atoms with Crippen LogP contribution in [-0.2, 0) is 13.0 Å². The lowest BCUT2D eigenvalue weighted by molar-refractivity contribution is 0.419. The van der Waals surface area contributed by atoms with Crippen LogP contribution in [0.2, 0.25) is 0 Å². The molecule has 114 valence electrons. The second-order valence-electron chi connectivity index (χ2n) is 6.75. The molecular formula is C19H28N2. The molecule has 0 radical (unpaired) electrons.